The minimum absolute atomic E-state index is 0.243. The van der Waals surface area contributed by atoms with E-state index in [4.69, 9.17) is 0 Å². The van der Waals surface area contributed by atoms with Crippen molar-refractivity contribution in [2.45, 2.75) is 38.1 Å². The van der Waals surface area contributed by atoms with Crippen molar-refractivity contribution in [1.82, 2.24) is 4.98 Å². The highest BCUT2D eigenvalue weighted by atomic mass is 32.1. The van der Waals surface area contributed by atoms with Crippen molar-refractivity contribution in [3.63, 3.8) is 0 Å². The molecule has 0 unspecified atom stereocenters. The van der Waals surface area contributed by atoms with Crippen LogP contribution in [-0.4, -0.2) is 11.1 Å². The molecule has 1 aliphatic rings. The van der Waals surface area contributed by atoms with Crippen LogP contribution in [-0.2, 0) is 10.3 Å². The van der Waals surface area contributed by atoms with Crippen molar-refractivity contribution >= 4 is 17.4 Å². The molecule has 3 nitrogen and oxygen atoms in total. The molecule has 0 spiro atoms. The van der Waals surface area contributed by atoms with Gasteiger partial charge in [0.2, 0.25) is 6.08 Å². The molecule has 1 aromatic rings. The molecule has 1 aliphatic carbocycles. The maximum atomic E-state index is 10.3. The molecule has 0 atom stereocenters. The molecular weight excluding hydrogens is 196 g/mol. The number of nitrogens with zero attached hydrogens (tertiary/aromatic N) is 2. The first-order valence-corrected chi connectivity index (χ1v) is 5.55. The Balaban J connectivity index is 2.29. The van der Waals surface area contributed by atoms with Gasteiger partial charge in [-0.3, -0.25) is 0 Å². The highest BCUT2D eigenvalue weighted by molar-refractivity contribution is 7.11. The van der Waals surface area contributed by atoms with Crippen LogP contribution in [0.1, 0.15) is 42.5 Å². The SMILES string of the molecule is CC(C)c1ncc(C2(N=C=O)CC2)s1. The standard InChI is InChI=1S/C10H12N2OS/c1-7(2)9-11-5-8(14-9)10(3-4-10)12-6-13/h5,7H,3-4H2,1-2H3. The summed E-state index contributed by atoms with van der Waals surface area (Å²) in [6.07, 6.45) is 5.44. The minimum atomic E-state index is -0.243. The Morgan fingerprint density at radius 3 is 2.79 bits per heavy atom. The first kappa shape index (κ1) is 9.56. The Bertz CT molecular complexity index is 387. The van der Waals surface area contributed by atoms with Gasteiger partial charge in [0.1, 0.15) is 5.54 Å². The largest absolute Gasteiger partial charge is 0.249 e. The monoisotopic (exact) mass is 208 g/mol. The predicted octanol–water partition coefficient (Wildman–Crippen LogP) is 2.59. The van der Waals surface area contributed by atoms with Gasteiger partial charge in [-0.2, -0.15) is 4.99 Å². The summed E-state index contributed by atoms with van der Waals surface area (Å²) in [5.74, 6) is 0.449. The Labute approximate surface area is 86.9 Å². The van der Waals surface area contributed by atoms with Gasteiger partial charge in [0.15, 0.2) is 0 Å². The van der Waals surface area contributed by atoms with Gasteiger partial charge in [-0.1, -0.05) is 13.8 Å². The molecule has 0 amide bonds. The van der Waals surface area contributed by atoms with E-state index >= 15 is 0 Å². The Morgan fingerprint density at radius 2 is 2.36 bits per heavy atom. The van der Waals surface area contributed by atoms with E-state index in [0.717, 1.165) is 22.7 Å². The lowest BCUT2D eigenvalue weighted by atomic mass is 10.2. The van der Waals surface area contributed by atoms with Crippen LogP contribution < -0.4 is 0 Å². The zero-order chi connectivity index (χ0) is 10.2. The van der Waals surface area contributed by atoms with Crippen LogP contribution in [0.25, 0.3) is 0 Å². The maximum Gasteiger partial charge on any atom is 0.235 e. The van der Waals surface area contributed by atoms with Gasteiger partial charge in [0, 0.05) is 12.1 Å². The summed E-state index contributed by atoms with van der Waals surface area (Å²) < 4.78 is 0. The van der Waals surface area contributed by atoms with Gasteiger partial charge < -0.3 is 0 Å². The summed E-state index contributed by atoms with van der Waals surface area (Å²) in [4.78, 5) is 19.6. The van der Waals surface area contributed by atoms with Gasteiger partial charge in [-0.05, 0) is 12.8 Å². The second-order valence-corrected chi connectivity index (χ2v) is 5.01. The fourth-order valence-electron chi connectivity index (χ4n) is 1.39. The number of carbonyl (C=O) groups excluding carboxylic acids is 1. The Kier molecular flexibility index (Phi) is 2.25. The Morgan fingerprint density at radius 1 is 1.64 bits per heavy atom. The minimum Gasteiger partial charge on any atom is -0.249 e. The molecule has 2 rings (SSSR count). The van der Waals surface area contributed by atoms with Crippen molar-refractivity contribution in [1.29, 1.82) is 0 Å². The molecule has 74 valence electrons. The summed E-state index contributed by atoms with van der Waals surface area (Å²) >= 11 is 1.67. The smallest absolute Gasteiger partial charge is 0.235 e. The van der Waals surface area contributed by atoms with Crippen LogP contribution in [0.3, 0.4) is 0 Å². The molecule has 0 N–H and O–H groups in total. The van der Waals surface area contributed by atoms with Crippen LogP contribution in [0.4, 0.5) is 0 Å². The second-order valence-electron chi connectivity index (χ2n) is 3.95. The third-order valence-corrected chi connectivity index (χ3v) is 3.95. The average molecular weight is 208 g/mol. The summed E-state index contributed by atoms with van der Waals surface area (Å²) in [5, 5.41) is 1.12. The lowest BCUT2D eigenvalue weighted by molar-refractivity contribution is 0.557. The van der Waals surface area contributed by atoms with Crippen LogP contribution >= 0.6 is 11.3 Å². The number of hydrogen-bond donors (Lipinski definition) is 0. The number of isocyanates is 1. The number of thiazole rings is 1. The molecular formula is C10H12N2OS. The van der Waals surface area contributed by atoms with E-state index in [1.54, 1.807) is 17.4 Å². The van der Waals surface area contributed by atoms with Gasteiger partial charge >= 0.3 is 0 Å². The van der Waals surface area contributed by atoms with Gasteiger partial charge in [0.05, 0.1) is 9.88 Å². The van der Waals surface area contributed by atoms with Crippen molar-refractivity contribution in [3.05, 3.63) is 16.1 Å². The number of rotatable bonds is 3. The molecule has 14 heavy (non-hydrogen) atoms. The summed E-state index contributed by atoms with van der Waals surface area (Å²) in [7, 11) is 0. The number of hydrogen-bond acceptors (Lipinski definition) is 4. The van der Waals surface area contributed by atoms with Crippen LogP contribution in [0.5, 0.6) is 0 Å². The van der Waals surface area contributed by atoms with Gasteiger partial charge in [-0.15, -0.1) is 11.3 Å². The van der Waals surface area contributed by atoms with E-state index in [-0.39, 0.29) is 5.54 Å². The average Bonchev–Trinajstić information content (AvgIpc) is 2.77. The molecule has 4 heteroatoms. The quantitative estimate of drug-likeness (QED) is 0.566. The molecule has 0 saturated heterocycles. The van der Waals surface area contributed by atoms with Crippen LogP contribution in [0.15, 0.2) is 11.2 Å². The molecule has 0 aliphatic heterocycles. The van der Waals surface area contributed by atoms with E-state index < -0.39 is 0 Å². The zero-order valence-electron chi connectivity index (χ0n) is 8.28. The lowest BCUT2D eigenvalue weighted by Gasteiger charge is -2.01. The summed E-state index contributed by atoms with van der Waals surface area (Å²) in [6.45, 7) is 4.23. The number of aliphatic imine (C=N–C) groups is 1. The fourth-order valence-corrected chi connectivity index (χ4v) is 2.50. The fraction of sp³-hybridized carbons (Fsp3) is 0.600. The highest BCUT2D eigenvalue weighted by Gasteiger charge is 2.46. The number of aromatic nitrogens is 1. The van der Waals surface area contributed by atoms with E-state index in [0.29, 0.717) is 5.92 Å². The molecule has 1 aromatic heterocycles. The lowest BCUT2D eigenvalue weighted by Crippen LogP contribution is -1.97. The third kappa shape index (κ3) is 1.51. The van der Waals surface area contributed by atoms with E-state index in [2.05, 4.69) is 23.8 Å². The van der Waals surface area contributed by atoms with E-state index in [1.807, 2.05) is 6.20 Å². The summed E-state index contributed by atoms with van der Waals surface area (Å²) in [6, 6.07) is 0. The molecule has 0 radical (unpaired) electrons. The summed E-state index contributed by atoms with van der Waals surface area (Å²) in [5.41, 5.74) is -0.243. The van der Waals surface area contributed by atoms with Gasteiger partial charge in [0.25, 0.3) is 0 Å². The Hall–Kier alpha value is -0.990. The first-order valence-electron chi connectivity index (χ1n) is 4.73. The molecule has 1 saturated carbocycles. The molecule has 0 bridgehead atoms. The third-order valence-electron chi connectivity index (χ3n) is 2.46. The first-order chi connectivity index (χ1) is 6.68. The van der Waals surface area contributed by atoms with E-state index in [1.165, 1.54) is 0 Å². The van der Waals surface area contributed by atoms with Crippen LogP contribution in [0.2, 0.25) is 0 Å². The van der Waals surface area contributed by atoms with Gasteiger partial charge in [-0.25, -0.2) is 9.78 Å². The second kappa shape index (κ2) is 3.30. The topological polar surface area (TPSA) is 42.3 Å². The molecule has 1 fully saturated rings. The van der Waals surface area contributed by atoms with Crippen molar-refractivity contribution in [3.8, 4) is 0 Å². The van der Waals surface area contributed by atoms with E-state index in [9.17, 15) is 4.79 Å². The zero-order valence-corrected chi connectivity index (χ0v) is 9.10. The van der Waals surface area contributed by atoms with Crippen molar-refractivity contribution in [2.75, 3.05) is 0 Å². The molecule has 1 heterocycles. The highest BCUT2D eigenvalue weighted by Crippen LogP contribution is 2.51. The maximum absolute atomic E-state index is 10.3. The van der Waals surface area contributed by atoms with Crippen molar-refractivity contribution < 1.29 is 4.79 Å². The van der Waals surface area contributed by atoms with Crippen molar-refractivity contribution in [2.24, 2.45) is 4.99 Å². The molecule has 0 aromatic carbocycles. The van der Waals surface area contributed by atoms with Crippen LogP contribution in [0, 0.1) is 0 Å². The normalized spacial score (nSPS) is 17.9. The predicted molar refractivity (Wildman–Crippen MR) is 55.2 cm³/mol.